The van der Waals surface area contributed by atoms with E-state index in [-0.39, 0.29) is 0 Å². The number of ether oxygens (including phenoxy) is 2. The fourth-order valence-electron chi connectivity index (χ4n) is 3.86. The average molecular weight is 392 g/mol. The number of fused-ring (bicyclic) bond motifs is 1. The second-order valence-electron chi connectivity index (χ2n) is 7.43. The molecule has 5 nitrogen and oxygen atoms in total. The summed E-state index contributed by atoms with van der Waals surface area (Å²) < 4.78 is 11.3. The molecule has 29 heavy (non-hydrogen) atoms. The predicted molar refractivity (Wildman–Crippen MR) is 117 cm³/mol. The van der Waals surface area contributed by atoms with Crippen LogP contribution in [0, 0.1) is 0 Å². The molecule has 0 bridgehead atoms. The number of piperazine rings is 1. The summed E-state index contributed by atoms with van der Waals surface area (Å²) in [5.41, 5.74) is 1.13. The van der Waals surface area contributed by atoms with Crippen LogP contribution >= 0.6 is 0 Å². The van der Waals surface area contributed by atoms with E-state index in [1.54, 1.807) is 7.11 Å². The van der Waals surface area contributed by atoms with Gasteiger partial charge >= 0.3 is 0 Å². The summed E-state index contributed by atoms with van der Waals surface area (Å²) >= 11 is 0. The zero-order valence-corrected chi connectivity index (χ0v) is 16.8. The Kier molecular flexibility index (Phi) is 6.17. The van der Waals surface area contributed by atoms with E-state index in [0.29, 0.717) is 13.2 Å². The minimum Gasteiger partial charge on any atom is -0.495 e. The first-order chi connectivity index (χ1) is 14.2. The van der Waals surface area contributed by atoms with Gasteiger partial charge in [0, 0.05) is 32.7 Å². The monoisotopic (exact) mass is 392 g/mol. The number of hydrogen-bond donors (Lipinski definition) is 1. The van der Waals surface area contributed by atoms with Crippen molar-refractivity contribution in [2.45, 2.75) is 6.10 Å². The minimum absolute atomic E-state index is 0.297. The molecule has 3 aromatic carbocycles. The summed E-state index contributed by atoms with van der Waals surface area (Å²) in [6.07, 6.45) is -0.515. The second-order valence-corrected chi connectivity index (χ2v) is 7.43. The molecule has 4 rings (SSSR count). The number of aliphatic hydroxyl groups is 1. The zero-order valence-electron chi connectivity index (χ0n) is 16.8. The molecule has 1 saturated heterocycles. The Morgan fingerprint density at radius 2 is 1.62 bits per heavy atom. The zero-order chi connectivity index (χ0) is 20.1. The van der Waals surface area contributed by atoms with Gasteiger partial charge in [-0.25, -0.2) is 0 Å². The van der Waals surface area contributed by atoms with E-state index in [9.17, 15) is 5.11 Å². The molecule has 1 N–H and O–H groups in total. The Balaban J connectivity index is 1.25. The van der Waals surface area contributed by atoms with E-state index >= 15 is 0 Å². The molecule has 3 aromatic rings. The third-order valence-electron chi connectivity index (χ3n) is 5.43. The first kappa shape index (κ1) is 19.6. The molecule has 1 atom stereocenters. The molecule has 0 aliphatic carbocycles. The average Bonchev–Trinajstić information content (AvgIpc) is 2.78. The van der Waals surface area contributed by atoms with Crippen molar-refractivity contribution >= 4 is 16.5 Å². The standard InChI is InChI=1S/C24H28N2O3/c1-28-24-9-5-4-8-23(24)26-14-12-25(13-15-26)17-21(27)18-29-22-11-10-19-6-2-3-7-20(19)16-22/h2-11,16,21,27H,12-15,17-18H2,1H3/t21-/m1/s1. The highest BCUT2D eigenvalue weighted by Crippen LogP contribution is 2.28. The van der Waals surface area contributed by atoms with Crippen LogP contribution in [0.3, 0.4) is 0 Å². The van der Waals surface area contributed by atoms with Gasteiger partial charge in [-0.05, 0) is 35.0 Å². The molecule has 0 unspecified atom stereocenters. The summed E-state index contributed by atoms with van der Waals surface area (Å²) in [6, 6.07) is 22.4. The molecule has 1 fully saturated rings. The van der Waals surface area contributed by atoms with Crippen LogP contribution in [0.4, 0.5) is 5.69 Å². The van der Waals surface area contributed by atoms with Gasteiger partial charge in [-0.1, -0.05) is 42.5 Å². The third kappa shape index (κ3) is 4.81. The van der Waals surface area contributed by atoms with Crippen molar-refractivity contribution in [1.82, 2.24) is 4.90 Å². The molecule has 1 heterocycles. The number of hydrogen-bond acceptors (Lipinski definition) is 5. The van der Waals surface area contributed by atoms with E-state index < -0.39 is 6.10 Å². The number of rotatable bonds is 7. The van der Waals surface area contributed by atoms with E-state index in [1.807, 2.05) is 48.5 Å². The second kappa shape index (κ2) is 9.16. The SMILES string of the molecule is COc1ccccc1N1CCN(C[C@@H](O)COc2ccc3ccccc3c2)CC1. The predicted octanol–water partition coefficient (Wildman–Crippen LogP) is 3.41. The summed E-state index contributed by atoms with van der Waals surface area (Å²) in [5.74, 6) is 1.70. The van der Waals surface area contributed by atoms with Gasteiger partial charge in [-0.3, -0.25) is 4.90 Å². The van der Waals surface area contributed by atoms with Gasteiger partial charge in [-0.2, -0.15) is 0 Å². The normalized spacial score (nSPS) is 16.0. The minimum atomic E-state index is -0.515. The lowest BCUT2D eigenvalue weighted by Crippen LogP contribution is -2.49. The van der Waals surface area contributed by atoms with E-state index in [4.69, 9.17) is 9.47 Å². The maximum atomic E-state index is 10.4. The number of para-hydroxylation sites is 2. The first-order valence-electron chi connectivity index (χ1n) is 10.1. The van der Waals surface area contributed by atoms with E-state index in [1.165, 1.54) is 5.39 Å². The van der Waals surface area contributed by atoms with Crippen LogP contribution in [0.5, 0.6) is 11.5 Å². The number of methoxy groups -OCH3 is 1. The molecule has 0 aromatic heterocycles. The molecule has 0 amide bonds. The highest BCUT2D eigenvalue weighted by atomic mass is 16.5. The van der Waals surface area contributed by atoms with Gasteiger partial charge in [0.2, 0.25) is 0 Å². The van der Waals surface area contributed by atoms with Crippen LogP contribution < -0.4 is 14.4 Å². The third-order valence-corrected chi connectivity index (χ3v) is 5.43. The number of anilines is 1. The van der Waals surface area contributed by atoms with Crippen molar-refractivity contribution in [3.8, 4) is 11.5 Å². The van der Waals surface area contributed by atoms with Crippen molar-refractivity contribution in [2.75, 3.05) is 51.3 Å². The Morgan fingerprint density at radius 1 is 0.897 bits per heavy atom. The molecule has 5 heteroatoms. The van der Waals surface area contributed by atoms with Gasteiger partial charge in [-0.15, -0.1) is 0 Å². The van der Waals surface area contributed by atoms with E-state index in [2.05, 4.69) is 28.0 Å². The highest BCUT2D eigenvalue weighted by molar-refractivity contribution is 5.83. The molecule has 0 spiro atoms. The van der Waals surface area contributed by atoms with Crippen molar-refractivity contribution in [3.63, 3.8) is 0 Å². The highest BCUT2D eigenvalue weighted by Gasteiger charge is 2.21. The summed E-state index contributed by atoms with van der Waals surface area (Å²) in [6.45, 7) is 4.56. The lowest BCUT2D eigenvalue weighted by atomic mass is 10.1. The Morgan fingerprint density at radius 3 is 2.41 bits per heavy atom. The van der Waals surface area contributed by atoms with Crippen LogP contribution in [0.15, 0.2) is 66.7 Å². The molecule has 0 radical (unpaired) electrons. The quantitative estimate of drug-likeness (QED) is 0.668. The van der Waals surface area contributed by atoms with Crippen LogP contribution in [0.1, 0.15) is 0 Å². The number of aliphatic hydroxyl groups excluding tert-OH is 1. The molecular formula is C24H28N2O3. The molecule has 0 saturated carbocycles. The molecular weight excluding hydrogens is 364 g/mol. The van der Waals surface area contributed by atoms with Gasteiger partial charge in [0.05, 0.1) is 12.8 Å². The van der Waals surface area contributed by atoms with Gasteiger partial charge in [0.15, 0.2) is 0 Å². The van der Waals surface area contributed by atoms with Crippen LogP contribution in [-0.4, -0.2) is 62.6 Å². The first-order valence-corrected chi connectivity index (χ1v) is 10.1. The number of benzene rings is 3. The van der Waals surface area contributed by atoms with Gasteiger partial charge < -0.3 is 19.5 Å². The van der Waals surface area contributed by atoms with Crippen molar-refractivity contribution < 1.29 is 14.6 Å². The van der Waals surface area contributed by atoms with Crippen molar-refractivity contribution in [3.05, 3.63) is 66.7 Å². The largest absolute Gasteiger partial charge is 0.495 e. The summed E-state index contributed by atoms with van der Waals surface area (Å²) in [4.78, 5) is 4.63. The Hall–Kier alpha value is -2.76. The van der Waals surface area contributed by atoms with Gasteiger partial charge in [0.1, 0.15) is 24.2 Å². The lowest BCUT2D eigenvalue weighted by Gasteiger charge is -2.37. The van der Waals surface area contributed by atoms with Crippen LogP contribution in [-0.2, 0) is 0 Å². The fourth-order valence-corrected chi connectivity index (χ4v) is 3.86. The molecule has 1 aliphatic rings. The Labute approximate surface area is 172 Å². The van der Waals surface area contributed by atoms with Crippen molar-refractivity contribution in [1.29, 1.82) is 0 Å². The molecule has 152 valence electrons. The fraction of sp³-hybridized carbons (Fsp3) is 0.333. The lowest BCUT2D eigenvalue weighted by molar-refractivity contribution is 0.0663. The summed E-state index contributed by atoms with van der Waals surface area (Å²) in [5, 5.41) is 12.8. The summed E-state index contributed by atoms with van der Waals surface area (Å²) in [7, 11) is 1.71. The van der Waals surface area contributed by atoms with Gasteiger partial charge in [0.25, 0.3) is 0 Å². The van der Waals surface area contributed by atoms with Crippen molar-refractivity contribution in [2.24, 2.45) is 0 Å². The Bertz CT molecular complexity index is 938. The van der Waals surface area contributed by atoms with Crippen LogP contribution in [0.2, 0.25) is 0 Å². The van der Waals surface area contributed by atoms with Crippen LogP contribution in [0.25, 0.3) is 10.8 Å². The number of β-amino-alcohol motifs (C(OH)–C–C–N with tert-alkyl or cyclic N) is 1. The number of nitrogens with zero attached hydrogens (tertiary/aromatic N) is 2. The topological polar surface area (TPSA) is 45.2 Å². The maximum Gasteiger partial charge on any atom is 0.142 e. The molecule has 1 aliphatic heterocycles. The maximum absolute atomic E-state index is 10.4. The smallest absolute Gasteiger partial charge is 0.142 e. The van der Waals surface area contributed by atoms with E-state index in [0.717, 1.165) is 48.8 Å².